The number of terminal acetylenes is 1. The van der Waals surface area contributed by atoms with Crippen molar-refractivity contribution in [2.75, 3.05) is 7.05 Å². The van der Waals surface area contributed by atoms with Gasteiger partial charge in [0.25, 0.3) is 5.91 Å². The number of benzene rings is 3. The number of ketones is 1. The van der Waals surface area contributed by atoms with E-state index in [9.17, 15) is 14.0 Å². The van der Waals surface area contributed by atoms with Gasteiger partial charge in [-0.2, -0.15) is 0 Å². The van der Waals surface area contributed by atoms with E-state index in [4.69, 9.17) is 10.8 Å². The maximum Gasteiger partial charge on any atom is 0.255 e. The van der Waals surface area contributed by atoms with Crippen molar-refractivity contribution in [1.29, 1.82) is 0 Å². The molecule has 0 aliphatic carbocycles. The second-order valence-corrected chi connectivity index (χ2v) is 8.74. The first-order chi connectivity index (χ1) is 17.4. The zero-order chi connectivity index (χ0) is 25.4. The molecule has 5 nitrogen and oxygen atoms in total. The number of nitrogens with one attached hydrogen (secondary N) is 2. The Hall–Kier alpha value is -4.63. The fourth-order valence-electron chi connectivity index (χ4n) is 4.48. The number of carbonyl (C=O) groups is 2. The smallest absolute Gasteiger partial charge is 0.255 e. The Labute approximate surface area is 207 Å². The number of carbonyl (C=O) groups excluding carboxylic acids is 2. The monoisotopic (exact) mass is 478 g/mol. The van der Waals surface area contributed by atoms with Gasteiger partial charge >= 0.3 is 0 Å². The van der Waals surface area contributed by atoms with Crippen LogP contribution in [0.15, 0.2) is 71.3 Å². The summed E-state index contributed by atoms with van der Waals surface area (Å²) in [5, 5.41) is 4.10. The van der Waals surface area contributed by atoms with Crippen LogP contribution >= 0.6 is 0 Å². The fraction of sp³-hybridized carbons (Fsp3) is 0.133. The average Bonchev–Trinajstić information content (AvgIpc) is 3.53. The highest BCUT2D eigenvalue weighted by atomic mass is 19.1. The van der Waals surface area contributed by atoms with Crippen molar-refractivity contribution in [1.82, 2.24) is 10.3 Å². The van der Waals surface area contributed by atoms with E-state index < -0.39 is 0 Å². The van der Waals surface area contributed by atoms with Gasteiger partial charge in [-0.3, -0.25) is 9.59 Å². The number of aromatic nitrogens is 1. The highest BCUT2D eigenvalue weighted by molar-refractivity contribution is 6.19. The molecule has 0 saturated carbocycles. The van der Waals surface area contributed by atoms with Crippen molar-refractivity contribution < 1.29 is 18.4 Å². The second-order valence-electron chi connectivity index (χ2n) is 8.74. The number of hydrogen-bond acceptors (Lipinski definition) is 3. The summed E-state index contributed by atoms with van der Waals surface area (Å²) in [6.45, 7) is 1.84. The van der Waals surface area contributed by atoms with E-state index in [-0.39, 0.29) is 29.8 Å². The molecule has 0 saturated heterocycles. The maximum absolute atomic E-state index is 13.6. The summed E-state index contributed by atoms with van der Waals surface area (Å²) in [5.74, 6) is 2.08. The SMILES string of the molecule is C#CC(C)CC(=O)c1cccc(-c2cc3c(C(=O)NC)c(-c4ccc(F)cc4)oc3c3cc[nH]c23)c1. The van der Waals surface area contributed by atoms with E-state index in [0.29, 0.717) is 33.4 Å². The predicted molar refractivity (Wildman–Crippen MR) is 139 cm³/mol. The number of H-pyrrole nitrogens is 1. The summed E-state index contributed by atoms with van der Waals surface area (Å²) >= 11 is 0. The van der Waals surface area contributed by atoms with E-state index in [1.807, 2.05) is 37.3 Å². The molecule has 0 spiro atoms. The van der Waals surface area contributed by atoms with Gasteiger partial charge in [0.1, 0.15) is 17.2 Å². The van der Waals surface area contributed by atoms with Crippen molar-refractivity contribution in [3.63, 3.8) is 0 Å². The number of furan rings is 1. The Balaban J connectivity index is 1.74. The molecule has 2 aromatic heterocycles. The molecule has 36 heavy (non-hydrogen) atoms. The van der Waals surface area contributed by atoms with Crippen molar-refractivity contribution in [2.24, 2.45) is 5.92 Å². The lowest BCUT2D eigenvalue weighted by Gasteiger charge is -2.09. The third-order valence-corrected chi connectivity index (χ3v) is 6.33. The summed E-state index contributed by atoms with van der Waals surface area (Å²) < 4.78 is 19.8. The molecule has 1 amide bonds. The van der Waals surface area contributed by atoms with Crippen LogP contribution in [0.4, 0.5) is 4.39 Å². The van der Waals surface area contributed by atoms with Gasteiger partial charge in [-0.15, -0.1) is 12.3 Å². The molecule has 5 aromatic rings. The van der Waals surface area contributed by atoms with Crippen LogP contribution in [0.2, 0.25) is 0 Å². The van der Waals surface area contributed by atoms with Gasteiger partial charge in [0.2, 0.25) is 0 Å². The van der Waals surface area contributed by atoms with Gasteiger partial charge in [0.05, 0.1) is 11.1 Å². The minimum absolute atomic E-state index is 0.0286. The van der Waals surface area contributed by atoms with Gasteiger partial charge in [0, 0.05) is 53.0 Å². The Kier molecular flexibility index (Phi) is 5.91. The first-order valence-corrected chi connectivity index (χ1v) is 11.6. The summed E-state index contributed by atoms with van der Waals surface area (Å²) in [7, 11) is 1.55. The summed E-state index contributed by atoms with van der Waals surface area (Å²) in [6, 6.07) is 17.0. The molecule has 1 atom stereocenters. The van der Waals surface area contributed by atoms with Crippen LogP contribution in [0.5, 0.6) is 0 Å². The van der Waals surface area contributed by atoms with Crippen LogP contribution in [0.1, 0.15) is 34.1 Å². The minimum atomic E-state index is -0.377. The zero-order valence-electron chi connectivity index (χ0n) is 19.8. The largest absolute Gasteiger partial charge is 0.454 e. The van der Waals surface area contributed by atoms with Crippen LogP contribution in [0.25, 0.3) is 44.3 Å². The summed E-state index contributed by atoms with van der Waals surface area (Å²) in [4.78, 5) is 29.1. The van der Waals surface area contributed by atoms with Crippen LogP contribution in [-0.4, -0.2) is 23.7 Å². The molecule has 178 valence electrons. The maximum atomic E-state index is 13.6. The first-order valence-electron chi connectivity index (χ1n) is 11.6. The Morgan fingerprint density at radius 2 is 1.86 bits per heavy atom. The van der Waals surface area contributed by atoms with E-state index in [1.165, 1.54) is 12.1 Å². The molecular formula is C30H23FN2O3. The summed E-state index contributed by atoms with van der Waals surface area (Å²) in [5.41, 5.74) is 4.51. The number of halogens is 1. The predicted octanol–water partition coefficient (Wildman–Crippen LogP) is 6.59. The van der Waals surface area contributed by atoms with Crippen LogP contribution in [0.3, 0.4) is 0 Å². The third kappa shape index (κ3) is 3.95. The highest BCUT2D eigenvalue weighted by Crippen LogP contribution is 2.41. The molecule has 2 heterocycles. The molecule has 0 bridgehead atoms. The van der Waals surface area contributed by atoms with Crippen molar-refractivity contribution >= 4 is 33.6 Å². The molecule has 0 aliphatic heterocycles. The summed E-state index contributed by atoms with van der Waals surface area (Å²) in [6.07, 6.45) is 7.52. The highest BCUT2D eigenvalue weighted by Gasteiger charge is 2.25. The van der Waals surface area contributed by atoms with E-state index in [0.717, 1.165) is 22.0 Å². The van der Waals surface area contributed by atoms with Gasteiger partial charge in [-0.25, -0.2) is 4.39 Å². The molecule has 1 unspecified atom stereocenters. The third-order valence-electron chi connectivity index (χ3n) is 6.33. The molecule has 0 radical (unpaired) electrons. The van der Waals surface area contributed by atoms with E-state index >= 15 is 0 Å². The average molecular weight is 479 g/mol. The number of aromatic amines is 1. The number of hydrogen-bond donors (Lipinski definition) is 2. The number of amides is 1. The van der Waals surface area contributed by atoms with E-state index in [2.05, 4.69) is 16.2 Å². The fourth-order valence-corrected chi connectivity index (χ4v) is 4.48. The lowest BCUT2D eigenvalue weighted by atomic mass is 9.94. The molecule has 3 aromatic carbocycles. The molecule has 0 aliphatic rings. The molecule has 0 fully saturated rings. The lowest BCUT2D eigenvalue weighted by Crippen LogP contribution is -2.18. The standard InChI is InChI=1S/C30H23FN2O3/c1-4-17(2)14-25(34)20-7-5-6-19(15-20)23-16-24-26(30(35)32-3)28(18-8-10-21(31)11-9-18)36-29(24)22-12-13-33-27(22)23/h1,5-13,15-17,33H,14H2,2-3H3,(H,32,35). The van der Waals surface area contributed by atoms with Crippen molar-refractivity contribution in [2.45, 2.75) is 13.3 Å². The van der Waals surface area contributed by atoms with Crippen molar-refractivity contribution in [3.05, 3.63) is 83.8 Å². The Morgan fingerprint density at radius 3 is 2.58 bits per heavy atom. The van der Waals surface area contributed by atoms with Gasteiger partial charge in [0.15, 0.2) is 5.78 Å². The number of Topliss-reactive ketones (excluding diaryl/α,β-unsaturated/α-hetero) is 1. The van der Waals surface area contributed by atoms with Crippen LogP contribution in [-0.2, 0) is 0 Å². The topological polar surface area (TPSA) is 75.1 Å². The molecule has 2 N–H and O–H groups in total. The Morgan fingerprint density at radius 1 is 1.08 bits per heavy atom. The van der Waals surface area contributed by atoms with Gasteiger partial charge < -0.3 is 14.7 Å². The van der Waals surface area contributed by atoms with Crippen molar-refractivity contribution in [3.8, 4) is 34.8 Å². The molecular weight excluding hydrogens is 455 g/mol. The zero-order valence-corrected chi connectivity index (χ0v) is 19.8. The Bertz CT molecular complexity index is 1670. The molecule has 5 rings (SSSR count). The number of rotatable bonds is 6. The lowest BCUT2D eigenvalue weighted by molar-refractivity contribution is 0.0959. The molecule has 6 heteroatoms. The normalized spacial score (nSPS) is 11.9. The minimum Gasteiger partial charge on any atom is -0.454 e. The second kappa shape index (κ2) is 9.20. The first kappa shape index (κ1) is 23.1. The van der Waals surface area contributed by atoms with Crippen LogP contribution < -0.4 is 5.32 Å². The number of fused-ring (bicyclic) bond motifs is 3. The van der Waals surface area contributed by atoms with Gasteiger partial charge in [-0.05, 0) is 48.0 Å². The van der Waals surface area contributed by atoms with Gasteiger partial charge in [-0.1, -0.05) is 25.1 Å². The van der Waals surface area contributed by atoms with Crippen LogP contribution in [0, 0.1) is 24.1 Å². The van der Waals surface area contributed by atoms with E-state index in [1.54, 1.807) is 31.4 Å². The quantitative estimate of drug-likeness (QED) is 0.214.